The maximum absolute atomic E-state index is 12.2. The number of hydrogen-bond acceptors (Lipinski definition) is 4. The average molecular weight is 314 g/mol. The fourth-order valence-corrected chi connectivity index (χ4v) is 4.35. The van der Waals surface area contributed by atoms with Crippen molar-refractivity contribution in [3.8, 4) is 0 Å². The van der Waals surface area contributed by atoms with Crippen LogP contribution in [0.3, 0.4) is 0 Å². The molecular weight excluding hydrogens is 292 g/mol. The summed E-state index contributed by atoms with van der Waals surface area (Å²) in [6.07, 6.45) is 3.44. The lowest BCUT2D eigenvalue weighted by Crippen LogP contribution is -2.52. The minimum Gasteiger partial charge on any atom is -0.344 e. The number of nitrogens with one attached hydrogen (secondary N) is 1. The van der Waals surface area contributed by atoms with E-state index in [0.717, 1.165) is 12.3 Å². The van der Waals surface area contributed by atoms with Crippen LogP contribution in [-0.2, 0) is 19.4 Å². The van der Waals surface area contributed by atoms with E-state index in [9.17, 15) is 18.0 Å². The van der Waals surface area contributed by atoms with Crippen LogP contribution < -0.4 is 5.32 Å². The van der Waals surface area contributed by atoms with Crippen LogP contribution in [0.5, 0.6) is 0 Å². The van der Waals surface area contributed by atoms with Crippen molar-refractivity contribution < 1.29 is 18.0 Å². The quantitative estimate of drug-likeness (QED) is 0.778. The van der Waals surface area contributed by atoms with Crippen molar-refractivity contribution in [1.29, 1.82) is 0 Å². The lowest BCUT2D eigenvalue weighted by molar-refractivity contribution is -0.136. The molecule has 118 valence electrons. The van der Waals surface area contributed by atoms with E-state index in [1.165, 1.54) is 17.7 Å². The Morgan fingerprint density at radius 1 is 1.19 bits per heavy atom. The van der Waals surface area contributed by atoms with Gasteiger partial charge in [0, 0.05) is 19.0 Å². The predicted molar refractivity (Wildman–Crippen MR) is 77.2 cm³/mol. The molecule has 2 aliphatic carbocycles. The first-order valence-corrected chi connectivity index (χ1v) is 9.49. The molecule has 3 rings (SSSR count). The van der Waals surface area contributed by atoms with Gasteiger partial charge < -0.3 is 10.2 Å². The van der Waals surface area contributed by atoms with Gasteiger partial charge in [-0.1, -0.05) is 0 Å². The van der Waals surface area contributed by atoms with E-state index in [1.807, 2.05) is 0 Å². The van der Waals surface area contributed by atoms with Crippen molar-refractivity contribution in [2.45, 2.75) is 32.2 Å². The third-order valence-corrected chi connectivity index (χ3v) is 6.40. The first kappa shape index (κ1) is 14.8. The second kappa shape index (κ2) is 5.26. The molecule has 3 fully saturated rings. The van der Waals surface area contributed by atoms with Gasteiger partial charge in [-0.05, 0) is 38.0 Å². The number of hydrogen-bond donors (Lipinski definition) is 1. The standard InChI is InChI=1S/C14H22N2O4S/c1-9(14(18)16-4-6-21(19,20)7-5-16)15-13(17)12-8-11(12)10-2-3-10/h9-12H,2-8H2,1H3,(H,15,17). The van der Waals surface area contributed by atoms with E-state index in [2.05, 4.69) is 5.32 Å². The Kier molecular flexibility index (Phi) is 3.71. The summed E-state index contributed by atoms with van der Waals surface area (Å²) in [5, 5.41) is 2.79. The highest BCUT2D eigenvalue weighted by atomic mass is 32.2. The first-order chi connectivity index (χ1) is 9.87. The van der Waals surface area contributed by atoms with Crippen LogP contribution in [0.15, 0.2) is 0 Å². The number of carbonyl (C=O) groups excluding carboxylic acids is 2. The Morgan fingerprint density at radius 3 is 2.38 bits per heavy atom. The van der Waals surface area contributed by atoms with Crippen LogP contribution in [0, 0.1) is 17.8 Å². The molecule has 0 aromatic heterocycles. The van der Waals surface area contributed by atoms with E-state index in [4.69, 9.17) is 0 Å². The Labute approximate surface area is 125 Å². The van der Waals surface area contributed by atoms with E-state index in [-0.39, 0.29) is 42.3 Å². The minimum atomic E-state index is -2.99. The fourth-order valence-electron chi connectivity index (χ4n) is 3.15. The molecule has 0 bridgehead atoms. The van der Waals surface area contributed by atoms with E-state index in [1.54, 1.807) is 6.92 Å². The second-order valence-corrected chi connectivity index (χ2v) is 8.85. The normalized spacial score (nSPS) is 32.3. The number of nitrogens with zero attached hydrogens (tertiary/aromatic N) is 1. The topological polar surface area (TPSA) is 83.6 Å². The molecule has 1 N–H and O–H groups in total. The van der Waals surface area contributed by atoms with Gasteiger partial charge in [-0.25, -0.2) is 8.42 Å². The van der Waals surface area contributed by atoms with E-state index < -0.39 is 15.9 Å². The maximum atomic E-state index is 12.2. The Bertz CT molecular complexity index is 541. The molecule has 3 atom stereocenters. The van der Waals surface area contributed by atoms with Gasteiger partial charge in [0.2, 0.25) is 11.8 Å². The van der Waals surface area contributed by atoms with Gasteiger partial charge in [0.15, 0.2) is 9.84 Å². The predicted octanol–water partition coefficient (Wildman–Crippen LogP) is -0.206. The zero-order valence-corrected chi connectivity index (χ0v) is 13.1. The molecule has 3 aliphatic rings. The molecule has 7 heteroatoms. The lowest BCUT2D eigenvalue weighted by Gasteiger charge is -2.29. The Morgan fingerprint density at radius 2 is 1.81 bits per heavy atom. The highest BCUT2D eigenvalue weighted by Crippen LogP contribution is 2.54. The van der Waals surface area contributed by atoms with Gasteiger partial charge in [0.05, 0.1) is 11.5 Å². The number of rotatable bonds is 4. The molecular formula is C14H22N2O4S. The summed E-state index contributed by atoms with van der Waals surface area (Å²) in [4.78, 5) is 25.8. The molecule has 2 saturated carbocycles. The molecule has 1 aliphatic heterocycles. The van der Waals surface area contributed by atoms with Crippen LogP contribution >= 0.6 is 0 Å². The summed E-state index contributed by atoms with van der Waals surface area (Å²) >= 11 is 0. The van der Waals surface area contributed by atoms with Gasteiger partial charge in [-0.2, -0.15) is 0 Å². The SMILES string of the molecule is CC(NC(=O)C1CC1C1CC1)C(=O)N1CCS(=O)(=O)CC1. The molecule has 2 amide bonds. The molecule has 0 aromatic carbocycles. The van der Waals surface area contributed by atoms with Crippen LogP contribution in [0.1, 0.15) is 26.2 Å². The first-order valence-electron chi connectivity index (χ1n) is 7.67. The Balaban J connectivity index is 1.47. The van der Waals surface area contributed by atoms with Crippen LogP contribution in [0.4, 0.5) is 0 Å². The monoisotopic (exact) mass is 314 g/mol. The van der Waals surface area contributed by atoms with Gasteiger partial charge in [0.25, 0.3) is 0 Å². The van der Waals surface area contributed by atoms with Crippen molar-refractivity contribution in [3.05, 3.63) is 0 Å². The van der Waals surface area contributed by atoms with Crippen molar-refractivity contribution >= 4 is 21.7 Å². The third kappa shape index (κ3) is 3.39. The highest BCUT2D eigenvalue weighted by Gasteiger charge is 2.51. The summed E-state index contributed by atoms with van der Waals surface area (Å²) in [6.45, 7) is 2.14. The summed E-state index contributed by atoms with van der Waals surface area (Å²) in [7, 11) is -2.99. The lowest BCUT2D eigenvalue weighted by atomic mass is 10.2. The van der Waals surface area contributed by atoms with E-state index in [0.29, 0.717) is 5.92 Å². The van der Waals surface area contributed by atoms with Gasteiger partial charge >= 0.3 is 0 Å². The molecule has 0 aromatic rings. The summed E-state index contributed by atoms with van der Waals surface area (Å²) in [5.41, 5.74) is 0. The zero-order valence-electron chi connectivity index (χ0n) is 12.2. The van der Waals surface area contributed by atoms with E-state index >= 15 is 0 Å². The minimum absolute atomic E-state index is 0.0163. The fraction of sp³-hybridized carbons (Fsp3) is 0.857. The number of amides is 2. The van der Waals surface area contributed by atoms with Crippen molar-refractivity contribution in [3.63, 3.8) is 0 Å². The maximum Gasteiger partial charge on any atom is 0.244 e. The van der Waals surface area contributed by atoms with Crippen LogP contribution in [-0.4, -0.2) is 55.8 Å². The third-order valence-electron chi connectivity index (χ3n) is 4.79. The Hall–Kier alpha value is -1.11. The van der Waals surface area contributed by atoms with Crippen LogP contribution in [0.2, 0.25) is 0 Å². The largest absolute Gasteiger partial charge is 0.344 e. The van der Waals surface area contributed by atoms with Crippen molar-refractivity contribution in [2.24, 2.45) is 17.8 Å². The second-order valence-electron chi connectivity index (χ2n) is 6.55. The summed E-state index contributed by atoms with van der Waals surface area (Å²) in [5.74, 6) is 1.21. The molecule has 6 nitrogen and oxygen atoms in total. The van der Waals surface area contributed by atoms with Crippen molar-refractivity contribution in [1.82, 2.24) is 10.2 Å². The van der Waals surface area contributed by atoms with Crippen molar-refractivity contribution in [2.75, 3.05) is 24.6 Å². The molecule has 3 unspecified atom stereocenters. The average Bonchev–Trinajstić information content (AvgIpc) is 3.27. The van der Waals surface area contributed by atoms with Gasteiger partial charge in [0.1, 0.15) is 6.04 Å². The zero-order chi connectivity index (χ0) is 15.2. The number of sulfone groups is 1. The summed E-state index contributed by atoms with van der Waals surface area (Å²) < 4.78 is 22.7. The molecule has 21 heavy (non-hydrogen) atoms. The summed E-state index contributed by atoms with van der Waals surface area (Å²) in [6, 6.07) is -0.571. The molecule has 1 saturated heterocycles. The van der Waals surface area contributed by atoms with Gasteiger partial charge in [-0.15, -0.1) is 0 Å². The molecule has 0 spiro atoms. The van der Waals surface area contributed by atoms with Gasteiger partial charge in [-0.3, -0.25) is 9.59 Å². The van der Waals surface area contributed by atoms with Crippen LogP contribution in [0.25, 0.3) is 0 Å². The molecule has 1 heterocycles. The highest BCUT2D eigenvalue weighted by molar-refractivity contribution is 7.91. The molecule has 0 radical (unpaired) electrons. The smallest absolute Gasteiger partial charge is 0.244 e. The number of carbonyl (C=O) groups is 2.